The van der Waals surface area contributed by atoms with Crippen molar-refractivity contribution in [3.05, 3.63) is 35.9 Å². The maximum atomic E-state index is 13.7. The molecular formula is C25H39N3O7. The summed E-state index contributed by atoms with van der Waals surface area (Å²) >= 11 is 0. The van der Waals surface area contributed by atoms with Gasteiger partial charge in [-0.3, -0.25) is 14.4 Å². The molecule has 0 fully saturated rings. The quantitative estimate of drug-likeness (QED) is 0.426. The predicted molar refractivity (Wildman–Crippen MR) is 130 cm³/mol. The first-order valence-corrected chi connectivity index (χ1v) is 11.6. The van der Waals surface area contributed by atoms with E-state index in [0.717, 1.165) is 0 Å². The smallest absolute Gasteiger partial charge is 0.408 e. The van der Waals surface area contributed by atoms with Crippen LogP contribution in [-0.4, -0.2) is 70.8 Å². The number of ether oxygens (including phenoxy) is 2. The van der Waals surface area contributed by atoms with E-state index in [1.165, 1.54) is 4.90 Å². The summed E-state index contributed by atoms with van der Waals surface area (Å²) in [5.41, 5.74) is -1.17. The molecule has 0 spiro atoms. The Morgan fingerprint density at radius 3 is 2.11 bits per heavy atom. The number of carbonyl (C=O) groups is 4. The van der Waals surface area contributed by atoms with Crippen molar-refractivity contribution in [2.45, 2.75) is 78.1 Å². The minimum atomic E-state index is -1.34. The van der Waals surface area contributed by atoms with Gasteiger partial charge in [-0.25, -0.2) is 4.79 Å². The Bertz CT molecular complexity index is 860. The van der Waals surface area contributed by atoms with Gasteiger partial charge in [0.05, 0.1) is 19.6 Å². The molecule has 1 aromatic carbocycles. The first kappa shape index (κ1) is 29.9. The van der Waals surface area contributed by atoms with Gasteiger partial charge in [0.25, 0.3) is 0 Å². The number of rotatable bonds is 10. The summed E-state index contributed by atoms with van der Waals surface area (Å²) in [6, 6.07) is 6.23. The van der Waals surface area contributed by atoms with Gasteiger partial charge in [-0.1, -0.05) is 30.3 Å². The Balaban J connectivity index is 3.29. The van der Waals surface area contributed by atoms with Gasteiger partial charge in [0.15, 0.2) is 0 Å². The molecule has 0 aliphatic carbocycles. The molecule has 35 heavy (non-hydrogen) atoms. The number of nitrogens with zero attached hydrogens (tertiary/aromatic N) is 1. The lowest BCUT2D eigenvalue weighted by atomic mass is 9.95. The zero-order chi connectivity index (χ0) is 26.8. The highest BCUT2D eigenvalue weighted by molar-refractivity contribution is 5.92. The van der Waals surface area contributed by atoms with E-state index in [9.17, 15) is 24.3 Å². The minimum Gasteiger partial charge on any atom is -0.466 e. The molecule has 3 N–H and O–H groups in total. The molecule has 0 saturated carbocycles. The van der Waals surface area contributed by atoms with E-state index in [0.29, 0.717) is 5.56 Å². The van der Waals surface area contributed by atoms with Crippen molar-refractivity contribution < 1.29 is 33.8 Å². The Morgan fingerprint density at radius 2 is 1.63 bits per heavy atom. The second-order valence-corrected chi connectivity index (χ2v) is 9.92. The van der Waals surface area contributed by atoms with E-state index in [-0.39, 0.29) is 19.6 Å². The average Bonchev–Trinajstić information content (AvgIpc) is 2.73. The second kappa shape index (κ2) is 13.1. The number of aliphatic hydroxyl groups is 1. The number of aliphatic hydroxyl groups excluding tert-OH is 1. The zero-order valence-corrected chi connectivity index (χ0v) is 21.7. The van der Waals surface area contributed by atoms with Gasteiger partial charge in [0.1, 0.15) is 17.7 Å². The fourth-order valence-electron chi connectivity index (χ4n) is 3.32. The molecule has 196 valence electrons. The second-order valence-electron chi connectivity index (χ2n) is 9.92. The highest BCUT2D eigenvalue weighted by Crippen LogP contribution is 2.30. The van der Waals surface area contributed by atoms with Crippen molar-refractivity contribution in [3.63, 3.8) is 0 Å². The van der Waals surface area contributed by atoms with Crippen molar-refractivity contribution in [2.24, 2.45) is 0 Å². The number of amides is 3. The number of nitrogens with one attached hydrogen (secondary N) is 2. The summed E-state index contributed by atoms with van der Waals surface area (Å²) in [4.78, 5) is 52.3. The minimum absolute atomic E-state index is 0.0206. The Morgan fingerprint density at radius 1 is 1.03 bits per heavy atom. The topological polar surface area (TPSA) is 134 Å². The van der Waals surface area contributed by atoms with E-state index in [4.69, 9.17) is 9.47 Å². The van der Waals surface area contributed by atoms with Crippen LogP contribution in [0.3, 0.4) is 0 Å². The van der Waals surface area contributed by atoms with Crippen LogP contribution in [0.15, 0.2) is 30.3 Å². The van der Waals surface area contributed by atoms with Crippen LogP contribution in [0.1, 0.15) is 66.5 Å². The number of benzene rings is 1. The maximum absolute atomic E-state index is 13.7. The third kappa shape index (κ3) is 9.94. The summed E-state index contributed by atoms with van der Waals surface area (Å²) < 4.78 is 10.1. The standard InChI is InChI=1S/C25H39N3O7/c1-8-34-19(30)14-15-26-21(31)20(17-12-10-9-11-13-17)28(24(2,3)4)22(32)18(16-29)27-23(33)35-25(5,6)7/h9-13,18,20,29H,8,14-16H2,1-7H3,(H,26,31)(H,27,33). The highest BCUT2D eigenvalue weighted by Gasteiger charge is 2.41. The van der Waals surface area contributed by atoms with Gasteiger partial charge in [-0.15, -0.1) is 0 Å². The molecule has 0 bridgehead atoms. The first-order chi connectivity index (χ1) is 16.2. The fraction of sp³-hybridized carbons (Fsp3) is 0.600. The molecule has 1 rings (SSSR count). The number of carbonyl (C=O) groups excluding carboxylic acids is 4. The molecule has 0 heterocycles. The summed E-state index contributed by atoms with van der Waals surface area (Å²) in [5.74, 6) is -1.63. The predicted octanol–water partition coefficient (Wildman–Crippen LogP) is 2.31. The van der Waals surface area contributed by atoms with Crippen LogP contribution in [0.4, 0.5) is 4.79 Å². The van der Waals surface area contributed by atoms with Crippen LogP contribution in [0.2, 0.25) is 0 Å². The lowest BCUT2D eigenvalue weighted by molar-refractivity contribution is -0.149. The van der Waals surface area contributed by atoms with Gasteiger partial charge < -0.3 is 30.1 Å². The highest BCUT2D eigenvalue weighted by atomic mass is 16.6. The molecule has 0 radical (unpaired) electrons. The van der Waals surface area contributed by atoms with Crippen LogP contribution in [-0.2, 0) is 23.9 Å². The molecule has 2 unspecified atom stereocenters. The van der Waals surface area contributed by atoms with E-state index in [1.807, 2.05) is 0 Å². The summed E-state index contributed by atoms with van der Waals surface area (Å²) in [6.45, 7) is 11.5. The lowest BCUT2D eigenvalue weighted by Gasteiger charge is -2.42. The monoisotopic (exact) mass is 493 g/mol. The van der Waals surface area contributed by atoms with E-state index < -0.39 is 53.7 Å². The molecule has 1 aromatic rings. The molecule has 0 aliphatic rings. The lowest BCUT2D eigenvalue weighted by Crippen LogP contribution is -2.59. The van der Waals surface area contributed by atoms with Gasteiger partial charge in [-0.05, 0) is 54.0 Å². The zero-order valence-electron chi connectivity index (χ0n) is 21.7. The molecule has 10 heteroatoms. The van der Waals surface area contributed by atoms with Gasteiger partial charge in [0.2, 0.25) is 11.8 Å². The van der Waals surface area contributed by atoms with E-state index in [2.05, 4.69) is 10.6 Å². The maximum Gasteiger partial charge on any atom is 0.408 e. The molecule has 0 aliphatic heterocycles. The Kier molecular flexibility index (Phi) is 11.2. The van der Waals surface area contributed by atoms with Crippen molar-refractivity contribution >= 4 is 23.9 Å². The molecular weight excluding hydrogens is 454 g/mol. The number of alkyl carbamates (subject to hydrolysis) is 1. The summed E-state index contributed by atoms with van der Waals surface area (Å²) in [7, 11) is 0. The largest absolute Gasteiger partial charge is 0.466 e. The van der Waals surface area contributed by atoms with Crippen molar-refractivity contribution in [2.75, 3.05) is 19.8 Å². The molecule has 2 atom stereocenters. The van der Waals surface area contributed by atoms with Gasteiger partial charge in [0, 0.05) is 12.1 Å². The third-order valence-corrected chi connectivity index (χ3v) is 4.69. The normalized spacial score (nSPS) is 13.3. The molecule has 0 aromatic heterocycles. The SMILES string of the molecule is CCOC(=O)CCNC(=O)C(c1ccccc1)N(C(=O)C(CO)NC(=O)OC(C)(C)C)C(C)(C)C. The number of hydrogen-bond acceptors (Lipinski definition) is 7. The van der Waals surface area contributed by atoms with Crippen molar-refractivity contribution in [1.29, 1.82) is 0 Å². The van der Waals surface area contributed by atoms with Crippen LogP contribution >= 0.6 is 0 Å². The van der Waals surface area contributed by atoms with E-state index in [1.54, 1.807) is 78.8 Å². The molecule has 10 nitrogen and oxygen atoms in total. The van der Waals surface area contributed by atoms with Gasteiger partial charge in [-0.2, -0.15) is 0 Å². The fourth-order valence-corrected chi connectivity index (χ4v) is 3.32. The van der Waals surface area contributed by atoms with Crippen LogP contribution < -0.4 is 10.6 Å². The average molecular weight is 494 g/mol. The Hall–Kier alpha value is -3.14. The third-order valence-electron chi connectivity index (χ3n) is 4.69. The molecule has 3 amide bonds. The first-order valence-electron chi connectivity index (χ1n) is 11.6. The summed E-state index contributed by atoms with van der Waals surface area (Å²) in [5, 5.41) is 15.0. The van der Waals surface area contributed by atoms with Crippen molar-refractivity contribution in [3.8, 4) is 0 Å². The van der Waals surface area contributed by atoms with Crippen LogP contribution in [0.25, 0.3) is 0 Å². The number of hydrogen-bond donors (Lipinski definition) is 3. The van der Waals surface area contributed by atoms with Crippen LogP contribution in [0, 0.1) is 0 Å². The van der Waals surface area contributed by atoms with E-state index >= 15 is 0 Å². The number of esters is 1. The summed E-state index contributed by atoms with van der Waals surface area (Å²) in [6.07, 6.45) is -0.891. The Labute approximate surface area is 207 Å². The van der Waals surface area contributed by atoms with Crippen LogP contribution in [0.5, 0.6) is 0 Å². The molecule has 0 saturated heterocycles. The van der Waals surface area contributed by atoms with Crippen molar-refractivity contribution in [1.82, 2.24) is 15.5 Å². The van der Waals surface area contributed by atoms with Gasteiger partial charge >= 0.3 is 12.1 Å².